The van der Waals surface area contributed by atoms with E-state index in [2.05, 4.69) is 0 Å². The van der Waals surface area contributed by atoms with E-state index >= 15 is 0 Å². The van der Waals surface area contributed by atoms with Crippen LogP contribution in [-0.4, -0.2) is 18.2 Å². The van der Waals surface area contributed by atoms with Gasteiger partial charge in [-0.25, -0.2) is 0 Å². The number of carboxylic acid groups (broad SMARTS) is 1. The lowest BCUT2D eigenvalue weighted by Crippen LogP contribution is -2.13. The molecule has 0 amide bonds. The summed E-state index contributed by atoms with van der Waals surface area (Å²) in [6, 6.07) is 7.74. The number of hydrogen-bond acceptors (Lipinski definition) is 2. The van der Waals surface area contributed by atoms with Crippen molar-refractivity contribution in [3.63, 3.8) is 0 Å². The van der Waals surface area contributed by atoms with Crippen LogP contribution in [0.1, 0.15) is 25.3 Å². The van der Waals surface area contributed by atoms with E-state index in [0.29, 0.717) is 0 Å². The Bertz CT molecular complexity index is 396. The second-order valence-corrected chi connectivity index (χ2v) is 4.33. The Morgan fingerprint density at radius 2 is 2.12 bits per heavy atom. The molecule has 1 aromatic rings. The quantitative estimate of drug-likeness (QED) is 0.847. The molecule has 1 fully saturated rings. The predicted octanol–water partition coefficient (Wildman–Crippen LogP) is 2.45. The van der Waals surface area contributed by atoms with Crippen LogP contribution in [-0.2, 0) is 10.2 Å². The number of methoxy groups -OCH3 is 1. The molecule has 3 nitrogen and oxygen atoms in total. The summed E-state index contributed by atoms with van der Waals surface area (Å²) in [6.45, 7) is 2.05. The van der Waals surface area contributed by atoms with Crippen LogP contribution in [0.3, 0.4) is 0 Å². The molecule has 16 heavy (non-hydrogen) atoms. The first-order valence-electron chi connectivity index (χ1n) is 5.51. The van der Waals surface area contributed by atoms with Crippen LogP contribution in [0.25, 0.3) is 0 Å². The van der Waals surface area contributed by atoms with Gasteiger partial charge in [-0.1, -0.05) is 19.1 Å². The topological polar surface area (TPSA) is 46.5 Å². The Hall–Kier alpha value is -1.51. The summed E-state index contributed by atoms with van der Waals surface area (Å²) in [5.74, 6) is -0.0916. The van der Waals surface area contributed by atoms with Crippen LogP contribution in [0.5, 0.6) is 5.75 Å². The van der Waals surface area contributed by atoms with E-state index in [-0.39, 0.29) is 11.3 Å². The molecule has 0 bridgehead atoms. The number of hydrogen-bond donors (Lipinski definition) is 1. The van der Waals surface area contributed by atoms with Gasteiger partial charge in [0.2, 0.25) is 0 Å². The number of carboxylic acids is 1. The fraction of sp³-hybridized carbons (Fsp3) is 0.462. The van der Waals surface area contributed by atoms with E-state index in [9.17, 15) is 4.79 Å². The third-order valence-corrected chi connectivity index (χ3v) is 3.67. The van der Waals surface area contributed by atoms with Gasteiger partial charge in [0, 0.05) is 5.41 Å². The molecule has 0 saturated heterocycles. The zero-order chi connectivity index (χ0) is 11.8. The van der Waals surface area contributed by atoms with Crippen LogP contribution in [0.2, 0.25) is 0 Å². The maximum Gasteiger partial charge on any atom is 0.307 e. The van der Waals surface area contributed by atoms with E-state index in [1.165, 1.54) is 0 Å². The summed E-state index contributed by atoms with van der Waals surface area (Å²) < 4.78 is 5.09. The Morgan fingerprint density at radius 1 is 1.50 bits per heavy atom. The highest BCUT2D eigenvalue weighted by molar-refractivity contribution is 5.77. The van der Waals surface area contributed by atoms with Crippen molar-refractivity contribution in [3.05, 3.63) is 29.8 Å². The summed E-state index contributed by atoms with van der Waals surface area (Å²) in [4.78, 5) is 11.0. The van der Waals surface area contributed by atoms with Crippen LogP contribution in [0.4, 0.5) is 0 Å². The Kier molecular flexibility index (Phi) is 2.62. The van der Waals surface area contributed by atoms with Crippen molar-refractivity contribution < 1.29 is 14.6 Å². The SMILES string of the molecule is CCC1(c2ccc(OC)cc2)CC1C(=O)O. The lowest BCUT2D eigenvalue weighted by molar-refractivity contribution is -0.139. The van der Waals surface area contributed by atoms with E-state index in [1.54, 1.807) is 7.11 Å². The highest BCUT2D eigenvalue weighted by Gasteiger charge is 2.58. The molecule has 2 rings (SSSR count). The van der Waals surface area contributed by atoms with Gasteiger partial charge in [0.05, 0.1) is 13.0 Å². The number of ether oxygens (including phenoxy) is 1. The first-order valence-corrected chi connectivity index (χ1v) is 5.51. The monoisotopic (exact) mass is 220 g/mol. The molecule has 0 aliphatic heterocycles. The summed E-state index contributed by atoms with van der Waals surface area (Å²) in [5, 5.41) is 9.06. The number of carbonyl (C=O) groups is 1. The lowest BCUT2D eigenvalue weighted by Gasteiger charge is -2.14. The fourth-order valence-electron chi connectivity index (χ4n) is 2.47. The van der Waals surface area contributed by atoms with E-state index in [0.717, 1.165) is 24.2 Å². The Balaban J connectivity index is 2.26. The minimum absolute atomic E-state index is 0.141. The molecule has 1 aliphatic rings. The zero-order valence-corrected chi connectivity index (χ0v) is 9.56. The number of rotatable bonds is 4. The first-order chi connectivity index (χ1) is 7.64. The normalized spacial score (nSPS) is 27.5. The molecule has 2 atom stereocenters. The van der Waals surface area contributed by atoms with Gasteiger partial charge in [0.25, 0.3) is 0 Å². The maximum absolute atomic E-state index is 11.0. The first kappa shape index (κ1) is 11.0. The van der Waals surface area contributed by atoms with Crippen molar-refractivity contribution in [2.75, 3.05) is 7.11 Å². The lowest BCUT2D eigenvalue weighted by atomic mass is 9.90. The van der Waals surface area contributed by atoms with Crippen molar-refractivity contribution in [2.24, 2.45) is 5.92 Å². The predicted molar refractivity (Wildman–Crippen MR) is 60.7 cm³/mol. The molecular formula is C13H16O3. The summed E-state index contributed by atoms with van der Waals surface area (Å²) >= 11 is 0. The van der Waals surface area contributed by atoms with Gasteiger partial charge in [-0.2, -0.15) is 0 Å². The maximum atomic E-state index is 11.0. The summed E-state index contributed by atoms with van der Waals surface area (Å²) in [6.07, 6.45) is 1.63. The van der Waals surface area contributed by atoms with Crippen LogP contribution < -0.4 is 4.74 Å². The van der Waals surface area contributed by atoms with Gasteiger partial charge in [0.15, 0.2) is 0 Å². The van der Waals surface area contributed by atoms with Crippen LogP contribution in [0, 0.1) is 5.92 Å². The number of aliphatic carboxylic acids is 1. The molecular weight excluding hydrogens is 204 g/mol. The van der Waals surface area contributed by atoms with Crippen molar-refractivity contribution >= 4 is 5.97 Å². The molecule has 0 radical (unpaired) electrons. The van der Waals surface area contributed by atoms with E-state index in [4.69, 9.17) is 9.84 Å². The molecule has 86 valence electrons. The van der Waals surface area contributed by atoms with Crippen LogP contribution >= 0.6 is 0 Å². The van der Waals surface area contributed by atoms with Crippen molar-refractivity contribution in [1.29, 1.82) is 0 Å². The van der Waals surface area contributed by atoms with Gasteiger partial charge >= 0.3 is 5.97 Å². The molecule has 1 N–H and O–H groups in total. The Morgan fingerprint density at radius 3 is 2.50 bits per heavy atom. The summed E-state index contributed by atoms with van der Waals surface area (Å²) in [5.41, 5.74) is 0.973. The highest BCUT2D eigenvalue weighted by Crippen LogP contribution is 2.56. The van der Waals surface area contributed by atoms with Crippen LogP contribution in [0.15, 0.2) is 24.3 Å². The molecule has 1 saturated carbocycles. The second kappa shape index (κ2) is 3.81. The average Bonchev–Trinajstić information content (AvgIpc) is 3.05. The highest BCUT2D eigenvalue weighted by atomic mass is 16.5. The molecule has 2 unspecified atom stereocenters. The molecule has 1 aliphatic carbocycles. The molecule has 3 heteroatoms. The van der Waals surface area contributed by atoms with Crippen molar-refractivity contribution in [1.82, 2.24) is 0 Å². The van der Waals surface area contributed by atoms with Gasteiger partial charge in [-0.05, 0) is 30.5 Å². The zero-order valence-electron chi connectivity index (χ0n) is 9.56. The number of benzene rings is 1. The van der Waals surface area contributed by atoms with E-state index < -0.39 is 5.97 Å². The van der Waals surface area contributed by atoms with Gasteiger partial charge < -0.3 is 9.84 Å². The van der Waals surface area contributed by atoms with Crippen molar-refractivity contribution in [2.45, 2.75) is 25.2 Å². The van der Waals surface area contributed by atoms with Gasteiger partial charge in [-0.15, -0.1) is 0 Å². The molecule has 1 aromatic carbocycles. The minimum atomic E-state index is -0.683. The molecule has 0 aromatic heterocycles. The fourth-order valence-corrected chi connectivity index (χ4v) is 2.47. The van der Waals surface area contributed by atoms with Gasteiger partial charge in [0.1, 0.15) is 5.75 Å². The average molecular weight is 220 g/mol. The minimum Gasteiger partial charge on any atom is -0.497 e. The standard InChI is InChI=1S/C13H16O3/c1-3-13(8-11(13)12(14)15)9-4-6-10(16-2)7-5-9/h4-7,11H,3,8H2,1-2H3,(H,14,15). The molecule has 0 heterocycles. The molecule has 0 spiro atoms. The third-order valence-electron chi connectivity index (χ3n) is 3.67. The second-order valence-electron chi connectivity index (χ2n) is 4.33. The van der Waals surface area contributed by atoms with Gasteiger partial charge in [-0.3, -0.25) is 4.79 Å². The largest absolute Gasteiger partial charge is 0.497 e. The Labute approximate surface area is 95.0 Å². The van der Waals surface area contributed by atoms with Crippen molar-refractivity contribution in [3.8, 4) is 5.75 Å². The smallest absolute Gasteiger partial charge is 0.307 e. The van der Waals surface area contributed by atoms with E-state index in [1.807, 2.05) is 31.2 Å². The third kappa shape index (κ3) is 1.56. The summed E-state index contributed by atoms with van der Waals surface area (Å²) in [7, 11) is 1.63.